The van der Waals surface area contributed by atoms with Crippen LogP contribution in [0.5, 0.6) is 0 Å². The third-order valence-electron chi connectivity index (χ3n) is 5.17. The molecule has 2 heterocycles. The monoisotopic (exact) mass is 341 g/mol. The molecule has 1 N–H and O–H groups in total. The second-order valence-electron chi connectivity index (χ2n) is 6.89. The highest BCUT2D eigenvalue weighted by atomic mass is 16.2. The van der Waals surface area contributed by atoms with E-state index in [1.807, 2.05) is 30.3 Å². The molecule has 5 heteroatoms. The highest BCUT2D eigenvalue weighted by Gasteiger charge is 2.29. The molecule has 0 bridgehead atoms. The maximum atomic E-state index is 12.7. The number of carbonyl (C=O) groups is 2. The Balaban J connectivity index is 1.70. The van der Waals surface area contributed by atoms with Crippen molar-refractivity contribution < 1.29 is 9.59 Å². The van der Waals surface area contributed by atoms with Crippen LogP contribution in [0.3, 0.4) is 0 Å². The van der Waals surface area contributed by atoms with E-state index in [1.165, 1.54) is 0 Å². The summed E-state index contributed by atoms with van der Waals surface area (Å²) in [6, 6.07) is 7.94. The molecule has 1 aromatic carbocycles. The Bertz CT molecular complexity index is 671. The van der Waals surface area contributed by atoms with Crippen LogP contribution in [0.1, 0.15) is 50.3 Å². The average Bonchev–Trinajstić information content (AvgIpc) is 2.61. The van der Waals surface area contributed by atoms with Gasteiger partial charge in [-0.15, -0.1) is 0 Å². The molecule has 5 nitrogen and oxygen atoms in total. The van der Waals surface area contributed by atoms with E-state index in [1.54, 1.807) is 18.0 Å². The zero-order valence-electron chi connectivity index (χ0n) is 15.1. The summed E-state index contributed by atoms with van der Waals surface area (Å²) in [7, 11) is 0. The summed E-state index contributed by atoms with van der Waals surface area (Å²) in [5.74, 6) is -0.0253. The lowest BCUT2D eigenvalue weighted by atomic mass is 9.93. The maximum absolute atomic E-state index is 12.7. The summed E-state index contributed by atoms with van der Waals surface area (Å²) in [5, 5.41) is 3.18. The molecular weight excluding hydrogens is 314 g/mol. The van der Waals surface area contributed by atoms with Crippen LogP contribution in [0.2, 0.25) is 0 Å². The summed E-state index contributed by atoms with van der Waals surface area (Å²) in [4.78, 5) is 28.7. The molecule has 1 saturated heterocycles. The van der Waals surface area contributed by atoms with Crippen molar-refractivity contribution in [2.75, 3.05) is 19.6 Å². The minimum Gasteiger partial charge on any atom is -0.352 e. The second kappa shape index (κ2) is 7.83. The maximum Gasteiger partial charge on any atom is 0.223 e. The number of amides is 2. The fraction of sp³-hybridized carbons (Fsp3) is 0.500. The Kier molecular flexibility index (Phi) is 5.53. The van der Waals surface area contributed by atoms with Crippen LogP contribution in [0.15, 0.2) is 30.5 Å². The van der Waals surface area contributed by atoms with Crippen molar-refractivity contribution >= 4 is 17.9 Å². The molecular formula is C20H27N3O2. The Morgan fingerprint density at radius 3 is 2.84 bits per heavy atom. The zero-order chi connectivity index (χ0) is 17.8. The molecule has 1 fully saturated rings. The lowest BCUT2D eigenvalue weighted by Crippen LogP contribution is -2.48. The van der Waals surface area contributed by atoms with Crippen molar-refractivity contribution in [1.82, 2.24) is 15.1 Å². The normalized spacial score (nSPS) is 23.2. The van der Waals surface area contributed by atoms with Crippen LogP contribution in [0.4, 0.5) is 0 Å². The smallest absolute Gasteiger partial charge is 0.223 e. The van der Waals surface area contributed by atoms with Gasteiger partial charge in [0, 0.05) is 25.7 Å². The van der Waals surface area contributed by atoms with E-state index in [0.717, 1.165) is 43.6 Å². The number of carbonyl (C=O) groups excluding carboxylic acids is 2. The average molecular weight is 341 g/mol. The molecule has 25 heavy (non-hydrogen) atoms. The Hall–Kier alpha value is -2.14. The number of hydrogen-bond donors (Lipinski definition) is 1. The molecule has 1 aromatic rings. The Labute approximate surface area is 149 Å². The Morgan fingerprint density at radius 1 is 1.28 bits per heavy atom. The first-order valence-electron chi connectivity index (χ1n) is 9.16. The number of benzene rings is 1. The predicted molar refractivity (Wildman–Crippen MR) is 98.6 cm³/mol. The van der Waals surface area contributed by atoms with Crippen LogP contribution in [-0.2, 0) is 9.59 Å². The lowest BCUT2D eigenvalue weighted by Gasteiger charge is -2.34. The summed E-state index contributed by atoms with van der Waals surface area (Å²) < 4.78 is 0. The van der Waals surface area contributed by atoms with E-state index in [-0.39, 0.29) is 23.9 Å². The number of likely N-dealkylation sites (N-methyl/N-ethyl adjacent to an activating group) is 1. The summed E-state index contributed by atoms with van der Waals surface area (Å²) >= 11 is 0. The highest BCUT2D eigenvalue weighted by Crippen LogP contribution is 2.32. The molecule has 0 aliphatic carbocycles. The SMILES string of the molecule is CCN1CCC[C@H](NC(=O)C[C@H]2c3ccccc3C=CN2C(C)=O)C1. The van der Waals surface area contributed by atoms with Crippen molar-refractivity contribution in [2.45, 2.75) is 45.2 Å². The molecule has 0 radical (unpaired) electrons. The third kappa shape index (κ3) is 4.10. The first-order valence-corrected chi connectivity index (χ1v) is 9.16. The van der Waals surface area contributed by atoms with Crippen molar-refractivity contribution in [3.63, 3.8) is 0 Å². The number of nitrogens with zero attached hydrogens (tertiary/aromatic N) is 2. The largest absolute Gasteiger partial charge is 0.352 e. The molecule has 2 aliphatic heterocycles. The minimum atomic E-state index is -0.232. The molecule has 134 valence electrons. The van der Waals surface area contributed by atoms with Gasteiger partial charge in [-0.1, -0.05) is 31.2 Å². The molecule has 2 aliphatic rings. The minimum absolute atomic E-state index is 0.0179. The Morgan fingerprint density at radius 2 is 2.08 bits per heavy atom. The molecule has 0 unspecified atom stereocenters. The van der Waals surface area contributed by atoms with Crippen molar-refractivity contribution in [3.05, 3.63) is 41.6 Å². The van der Waals surface area contributed by atoms with Gasteiger partial charge in [-0.3, -0.25) is 9.59 Å². The van der Waals surface area contributed by atoms with Gasteiger partial charge >= 0.3 is 0 Å². The molecule has 0 aromatic heterocycles. The quantitative estimate of drug-likeness (QED) is 0.916. The van der Waals surface area contributed by atoms with Gasteiger partial charge in [-0.2, -0.15) is 0 Å². The summed E-state index contributed by atoms with van der Waals surface area (Å²) in [5.41, 5.74) is 2.11. The first-order chi connectivity index (χ1) is 12.1. The number of hydrogen-bond acceptors (Lipinski definition) is 3. The van der Waals surface area contributed by atoms with Gasteiger partial charge in [-0.25, -0.2) is 0 Å². The van der Waals surface area contributed by atoms with Gasteiger partial charge in [0.1, 0.15) is 0 Å². The van der Waals surface area contributed by atoms with Crippen molar-refractivity contribution in [2.24, 2.45) is 0 Å². The molecule has 2 atom stereocenters. The number of fused-ring (bicyclic) bond motifs is 1. The van der Waals surface area contributed by atoms with Crippen LogP contribution in [0, 0.1) is 0 Å². The van der Waals surface area contributed by atoms with Crippen LogP contribution in [-0.4, -0.2) is 47.3 Å². The predicted octanol–water partition coefficient (Wildman–Crippen LogP) is 2.55. The standard InChI is InChI=1S/C20H27N3O2/c1-3-22-11-6-8-17(14-22)21-20(25)13-19-18-9-5-4-7-16(18)10-12-23(19)15(2)24/h4-5,7,9-10,12,17,19H,3,6,8,11,13-14H2,1-2H3,(H,21,25)/t17-,19-/m0/s1. The molecule has 3 rings (SSSR count). The van der Waals surface area contributed by atoms with Crippen LogP contribution in [0.25, 0.3) is 6.08 Å². The number of likely N-dealkylation sites (tertiary alicyclic amines) is 1. The fourth-order valence-electron chi connectivity index (χ4n) is 3.84. The number of nitrogens with one attached hydrogen (secondary N) is 1. The fourth-order valence-corrected chi connectivity index (χ4v) is 3.84. The highest BCUT2D eigenvalue weighted by molar-refractivity contribution is 5.82. The van der Waals surface area contributed by atoms with Gasteiger partial charge in [0.15, 0.2) is 0 Å². The van der Waals surface area contributed by atoms with E-state index in [0.29, 0.717) is 6.42 Å². The van der Waals surface area contributed by atoms with Crippen LogP contribution >= 0.6 is 0 Å². The van der Waals surface area contributed by atoms with Gasteiger partial charge in [-0.05, 0) is 43.1 Å². The van der Waals surface area contributed by atoms with E-state index in [2.05, 4.69) is 17.1 Å². The molecule has 2 amide bonds. The van der Waals surface area contributed by atoms with E-state index >= 15 is 0 Å². The van der Waals surface area contributed by atoms with Gasteiger partial charge in [0.25, 0.3) is 0 Å². The first kappa shape index (κ1) is 17.7. The zero-order valence-corrected chi connectivity index (χ0v) is 15.1. The number of rotatable bonds is 4. The van der Waals surface area contributed by atoms with Crippen molar-refractivity contribution in [1.29, 1.82) is 0 Å². The van der Waals surface area contributed by atoms with E-state index in [9.17, 15) is 9.59 Å². The number of piperidine rings is 1. The summed E-state index contributed by atoms with van der Waals surface area (Å²) in [6.45, 7) is 6.75. The van der Waals surface area contributed by atoms with Gasteiger partial charge in [0.2, 0.25) is 11.8 Å². The van der Waals surface area contributed by atoms with E-state index in [4.69, 9.17) is 0 Å². The summed E-state index contributed by atoms with van der Waals surface area (Å²) in [6.07, 6.45) is 6.17. The van der Waals surface area contributed by atoms with Gasteiger partial charge < -0.3 is 15.1 Å². The van der Waals surface area contributed by atoms with Crippen LogP contribution < -0.4 is 5.32 Å². The second-order valence-corrected chi connectivity index (χ2v) is 6.89. The van der Waals surface area contributed by atoms with Crippen molar-refractivity contribution in [3.8, 4) is 0 Å². The molecule has 0 spiro atoms. The third-order valence-corrected chi connectivity index (χ3v) is 5.17. The lowest BCUT2D eigenvalue weighted by molar-refractivity contribution is -0.130. The molecule has 0 saturated carbocycles. The van der Waals surface area contributed by atoms with Gasteiger partial charge in [0.05, 0.1) is 12.5 Å². The topological polar surface area (TPSA) is 52.7 Å². The van der Waals surface area contributed by atoms with E-state index < -0.39 is 0 Å².